The molecular weight excluding hydrogens is 356 g/mol. The zero-order chi connectivity index (χ0) is 19.4. The maximum absolute atomic E-state index is 11.6. The van der Waals surface area contributed by atoms with Crippen LogP contribution in [-0.4, -0.2) is 45.7 Å². The fourth-order valence-corrected chi connectivity index (χ4v) is 3.63. The lowest BCUT2D eigenvalue weighted by Gasteiger charge is -2.46. The van der Waals surface area contributed by atoms with Gasteiger partial charge in [0.2, 0.25) is 6.39 Å². The molecule has 1 aromatic heterocycles. The summed E-state index contributed by atoms with van der Waals surface area (Å²) in [6.07, 6.45) is 1.67. The molecule has 0 spiro atoms. The maximum atomic E-state index is 11.6. The van der Waals surface area contributed by atoms with Crippen LogP contribution in [0.1, 0.15) is 24.9 Å². The van der Waals surface area contributed by atoms with Crippen LogP contribution in [0.25, 0.3) is 11.5 Å². The van der Waals surface area contributed by atoms with Gasteiger partial charge in [0.15, 0.2) is 0 Å². The average Bonchev–Trinajstić information content (AvgIpc) is 3.29. The quantitative estimate of drug-likeness (QED) is 0.636. The summed E-state index contributed by atoms with van der Waals surface area (Å²) < 4.78 is 11.6. The number of aromatic nitrogens is 2. The molecule has 0 amide bonds. The Kier molecular flexibility index (Phi) is 5.38. The van der Waals surface area contributed by atoms with Gasteiger partial charge in [-0.1, -0.05) is 49.4 Å². The number of hydrogen-bond acceptors (Lipinski definition) is 7. The first-order valence-electron chi connectivity index (χ1n) is 9.50. The molecule has 0 saturated carbocycles. The summed E-state index contributed by atoms with van der Waals surface area (Å²) in [5.74, 6) is -0.617. The van der Waals surface area contributed by atoms with Crippen LogP contribution in [0.2, 0.25) is 0 Å². The first-order valence-corrected chi connectivity index (χ1v) is 9.50. The van der Waals surface area contributed by atoms with Crippen molar-refractivity contribution in [1.29, 1.82) is 0 Å². The number of ether oxygens (including phenoxy) is 1. The first kappa shape index (κ1) is 18.6. The Morgan fingerprint density at radius 3 is 2.75 bits per heavy atom. The van der Waals surface area contributed by atoms with E-state index in [1.54, 1.807) is 6.07 Å². The van der Waals surface area contributed by atoms with Crippen LogP contribution in [0.15, 0.2) is 65.4 Å². The van der Waals surface area contributed by atoms with Crippen LogP contribution < -0.4 is 10.1 Å². The molecule has 2 atom stereocenters. The molecular formula is C21H24N4O3. The number of benzene rings is 2. The van der Waals surface area contributed by atoms with Gasteiger partial charge in [0, 0.05) is 26.1 Å². The Bertz CT molecular complexity index is 888. The third-order valence-corrected chi connectivity index (χ3v) is 5.09. The summed E-state index contributed by atoms with van der Waals surface area (Å²) in [5, 5.41) is 22.7. The lowest BCUT2D eigenvalue weighted by Crippen LogP contribution is -2.60. The van der Waals surface area contributed by atoms with Crippen molar-refractivity contribution in [1.82, 2.24) is 20.4 Å². The number of nitrogens with zero attached hydrogens (tertiary/aromatic N) is 3. The first-order chi connectivity index (χ1) is 13.7. The zero-order valence-electron chi connectivity index (χ0n) is 15.8. The van der Waals surface area contributed by atoms with Crippen LogP contribution in [0, 0.1) is 0 Å². The maximum Gasteiger partial charge on any atom is 0.270 e. The molecule has 1 aliphatic rings. The predicted molar refractivity (Wildman–Crippen MR) is 104 cm³/mol. The number of aliphatic hydroxyl groups is 1. The van der Waals surface area contributed by atoms with Gasteiger partial charge in [-0.15, -0.1) is 10.2 Å². The highest BCUT2D eigenvalue weighted by Crippen LogP contribution is 2.36. The van der Waals surface area contributed by atoms with Crippen molar-refractivity contribution >= 4 is 0 Å². The molecule has 146 valence electrons. The van der Waals surface area contributed by atoms with E-state index in [1.165, 1.54) is 6.39 Å². The molecule has 0 bridgehead atoms. The average molecular weight is 380 g/mol. The minimum absolute atomic E-state index is 0.00420. The van der Waals surface area contributed by atoms with Crippen molar-refractivity contribution in [2.24, 2.45) is 0 Å². The van der Waals surface area contributed by atoms with Gasteiger partial charge >= 0.3 is 0 Å². The lowest BCUT2D eigenvalue weighted by molar-refractivity contribution is -0.262. The Morgan fingerprint density at radius 1 is 1.21 bits per heavy atom. The van der Waals surface area contributed by atoms with Crippen molar-refractivity contribution in [2.75, 3.05) is 19.6 Å². The van der Waals surface area contributed by atoms with Gasteiger partial charge in [-0.2, -0.15) is 0 Å². The van der Waals surface area contributed by atoms with Gasteiger partial charge in [0.05, 0.1) is 11.6 Å². The number of rotatable bonds is 6. The molecule has 7 heteroatoms. The summed E-state index contributed by atoms with van der Waals surface area (Å²) in [6, 6.07) is 17.5. The summed E-state index contributed by atoms with van der Waals surface area (Å²) in [7, 11) is 0. The predicted octanol–water partition coefficient (Wildman–Crippen LogP) is 2.82. The smallest absolute Gasteiger partial charge is 0.270 e. The van der Waals surface area contributed by atoms with E-state index in [0.29, 0.717) is 30.2 Å². The Hall–Kier alpha value is -2.74. The molecule has 1 saturated heterocycles. The highest BCUT2D eigenvalue weighted by molar-refractivity contribution is 5.62. The SMILES string of the molecule is CCC(O)(Oc1ccccc1-c1nnco1)N1CCNCC1c1ccccc1. The van der Waals surface area contributed by atoms with E-state index < -0.39 is 5.91 Å². The van der Waals surface area contributed by atoms with Crippen LogP contribution in [-0.2, 0) is 0 Å². The number of hydrogen-bond donors (Lipinski definition) is 2. The second kappa shape index (κ2) is 8.10. The van der Waals surface area contributed by atoms with E-state index in [2.05, 4.69) is 27.6 Å². The van der Waals surface area contributed by atoms with Gasteiger partial charge in [0.1, 0.15) is 5.75 Å². The fraction of sp³-hybridized carbons (Fsp3) is 0.333. The van der Waals surface area contributed by atoms with Crippen molar-refractivity contribution in [3.63, 3.8) is 0 Å². The Labute approximate surface area is 164 Å². The molecule has 4 rings (SSSR count). The van der Waals surface area contributed by atoms with Crippen molar-refractivity contribution in [2.45, 2.75) is 25.3 Å². The number of piperazine rings is 1. The summed E-state index contributed by atoms with van der Waals surface area (Å²) in [6.45, 7) is 4.09. The van der Waals surface area contributed by atoms with E-state index in [-0.39, 0.29) is 6.04 Å². The number of nitrogens with one attached hydrogen (secondary N) is 1. The van der Waals surface area contributed by atoms with E-state index in [0.717, 1.165) is 18.7 Å². The van der Waals surface area contributed by atoms with Crippen LogP contribution in [0.4, 0.5) is 0 Å². The molecule has 2 N–H and O–H groups in total. The molecule has 0 radical (unpaired) electrons. The van der Waals surface area contributed by atoms with E-state index in [4.69, 9.17) is 9.15 Å². The molecule has 1 aliphatic heterocycles. The lowest BCUT2D eigenvalue weighted by atomic mass is 10.0. The summed E-state index contributed by atoms with van der Waals surface area (Å²) in [5.41, 5.74) is 1.79. The third kappa shape index (κ3) is 3.64. The van der Waals surface area contributed by atoms with Gasteiger partial charge in [-0.05, 0) is 17.7 Å². The molecule has 2 aromatic carbocycles. The van der Waals surface area contributed by atoms with Crippen LogP contribution >= 0.6 is 0 Å². The molecule has 2 heterocycles. The Morgan fingerprint density at radius 2 is 2.00 bits per heavy atom. The molecule has 7 nitrogen and oxygen atoms in total. The van der Waals surface area contributed by atoms with Gasteiger partial charge in [0.25, 0.3) is 11.8 Å². The normalized spacial score (nSPS) is 19.9. The highest BCUT2D eigenvalue weighted by Gasteiger charge is 2.42. The topological polar surface area (TPSA) is 83.6 Å². The van der Waals surface area contributed by atoms with E-state index in [9.17, 15) is 5.11 Å². The minimum Gasteiger partial charge on any atom is -0.448 e. The van der Waals surface area contributed by atoms with Crippen molar-refractivity contribution < 1.29 is 14.3 Å². The van der Waals surface area contributed by atoms with Crippen LogP contribution in [0.5, 0.6) is 5.75 Å². The van der Waals surface area contributed by atoms with Gasteiger partial charge < -0.3 is 19.6 Å². The molecule has 2 unspecified atom stereocenters. The summed E-state index contributed by atoms with van der Waals surface area (Å²) >= 11 is 0. The van der Waals surface area contributed by atoms with Crippen molar-refractivity contribution in [3.8, 4) is 17.2 Å². The molecule has 3 aromatic rings. The largest absolute Gasteiger partial charge is 0.448 e. The highest BCUT2D eigenvalue weighted by atomic mass is 16.6. The fourth-order valence-electron chi connectivity index (χ4n) is 3.63. The second-order valence-corrected chi connectivity index (χ2v) is 6.76. The van der Waals surface area contributed by atoms with Crippen molar-refractivity contribution in [3.05, 3.63) is 66.6 Å². The standard InChI is InChI=1S/C21H24N4O3/c1-2-21(26,25-13-12-22-14-18(25)16-8-4-3-5-9-16)28-19-11-7-6-10-17(19)20-24-23-15-27-20/h3-11,15,18,22,26H,2,12-14H2,1H3. The summed E-state index contributed by atoms with van der Waals surface area (Å²) in [4.78, 5) is 2.02. The number of para-hydroxylation sites is 1. The van der Waals surface area contributed by atoms with E-state index in [1.807, 2.05) is 48.2 Å². The minimum atomic E-state index is -1.47. The second-order valence-electron chi connectivity index (χ2n) is 6.76. The van der Waals surface area contributed by atoms with E-state index >= 15 is 0 Å². The third-order valence-electron chi connectivity index (χ3n) is 5.09. The zero-order valence-corrected chi connectivity index (χ0v) is 15.8. The molecule has 0 aliphatic carbocycles. The molecule has 28 heavy (non-hydrogen) atoms. The molecule has 1 fully saturated rings. The van der Waals surface area contributed by atoms with Crippen LogP contribution in [0.3, 0.4) is 0 Å². The van der Waals surface area contributed by atoms with Gasteiger partial charge in [-0.25, -0.2) is 4.90 Å². The monoisotopic (exact) mass is 380 g/mol. The van der Waals surface area contributed by atoms with Gasteiger partial charge in [-0.3, -0.25) is 0 Å². The Balaban J connectivity index is 1.67.